The Labute approximate surface area is 60.4 Å². The van der Waals surface area contributed by atoms with Crippen LogP contribution >= 0.6 is 0 Å². The molecule has 58 valence electrons. The summed E-state index contributed by atoms with van der Waals surface area (Å²) >= 11 is 0. The summed E-state index contributed by atoms with van der Waals surface area (Å²) in [6, 6.07) is -0.311. The van der Waals surface area contributed by atoms with Crippen molar-refractivity contribution in [3.05, 3.63) is 0 Å². The maximum atomic E-state index is 10.5. The lowest BCUT2D eigenvalue weighted by atomic mass is 9.93. The maximum Gasteiger partial charge on any atom is 0.320 e. The van der Waals surface area contributed by atoms with Crippen LogP contribution in [0.1, 0.15) is 19.8 Å². The third-order valence-corrected chi connectivity index (χ3v) is 2.04. The summed E-state index contributed by atoms with van der Waals surface area (Å²) in [6.45, 7) is 2.83. The number of carboxylic acid groups (broad SMARTS) is 1. The van der Waals surface area contributed by atoms with E-state index in [4.69, 9.17) is 5.11 Å². The normalized spacial score (nSPS) is 33.7. The van der Waals surface area contributed by atoms with Crippen LogP contribution in [0.2, 0.25) is 0 Å². The zero-order valence-corrected chi connectivity index (χ0v) is 6.13. The SMILES string of the molecule is CC1CCCN[C@@H]1C(=O)O. The Bertz CT molecular complexity index is 136. The predicted octanol–water partition coefficient (Wildman–Crippen LogP) is 0.459. The Morgan fingerprint density at radius 3 is 2.80 bits per heavy atom. The van der Waals surface area contributed by atoms with Crippen molar-refractivity contribution >= 4 is 5.97 Å². The molecule has 3 heteroatoms. The molecular weight excluding hydrogens is 130 g/mol. The van der Waals surface area contributed by atoms with E-state index in [1.54, 1.807) is 0 Å². The zero-order chi connectivity index (χ0) is 7.56. The first-order chi connectivity index (χ1) is 4.72. The molecule has 0 aliphatic carbocycles. The van der Waals surface area contributed by atoms with Gasteiger partial charge < -0.3 is 10.4 Å². The van der Waals surface area contributed by atoms with Gasteiger partial charge in [-0.2, -0.15) is 0 Å². The van der Waals surface area contributed by atoms with Crippen molar-refractivity contribution in [3.63, 3.8) is 0 Å². The first-order valence-electron chi connectivity index (χ1n) is 3.68. The van der Waals surface area contributed by atoms with Crippen molar-refractivity contribution in [1.82, 2.24) is 5.32 Å². The van der Waals surface area contributed by atoms with Crippen LogP contribution in [-0.4, -0.2) is 23.7 Å². The van der Waals surface area contributed by atoms with E-state index < -0.39 is 5.97 Å². The Balaban J connectivity index is 2.47. The van der Waals surface area contributed by atoms with Crippen LogP contribution in [0.25, 0.3) is 0 Å². The van der Waals surface area contributed by atoms with E-state index in [0.717, 1.165) is 19.4 Å². The lowest BCUT2D eigenvalue weighted by molar-refractivity contribution is -0.141. The third kappa shape index (κ3) is 1.48. The van der Waals surface area contributed by atoms with Gasteiger partial charge in [0.2, 0.25) is 0 Å². The highest BCUT2D eigenvalue weighted by molar-refractivity contribution is 5.73. The molecule has 2 N–H and O–H groups in total. The number of hydrogen-bond acceptors (Lipinski definition) is 2. The summed E-state index contributed by atoms with van der Waals surface area (Å²) in [5.41, 5.74) is 0. The molecule has 0 spiro atoms. The van der Waals surface area contributed by atoms with Crippen LogP contribution < -0.4 is 5.32 Å². The smallest absolute Gasteiger partial charge is 0.320 e. The van der Waals surface area contributed by atoms with Crippen LogP contribution in [0.4, 0.5) is 0 Å². The minimum absolute atomic E-state index is 0.284. The highest BCUT2D eigenvalue weighted by atomic mass is 16.4. The number of carbonyl (C=O) groups is 1. The molecule has 0 aromatic carbocycles. The fourth-order valence-corrected chi connectivity index (χ4v) is 1.38. The molecule has 1 heterocycles. The summed E-state index contributed by atoms with van der Waals surface area (Å²) in [7, 11) is 0. The summed E-state index contributed by atoms with van der Waals surface area (Å²) in [4.78, 5) is 10.5. The second-order valence-corrected chi connectivity index (χ2v) is 2.89. The highest BCUT2D eigenvalue weighted by Gasteiger charge is 2.26. The van der Waals surface area contributed by atoms with Gasteiger partial charge >= 0.3 is 5.97 Å². The standard InChI is InChI=1S/C7H13NO2/c1-5-3-2-4-8-6(5)7(9)10/h5-6,8H,2-4H2,1H3,(H,9,10)/t5?,6-/m0/s1. The molecule has 1 rings (SSSR count). The van der Waals surface area contributed by atoms with Crippen molar-refractivity contribution < 1.29 is 9.90 Å². The molecule has 0 saturated carbocycles. The van der Waals surface area contributed by atoms with Crippen LogP contribution in [0.5, 0.6) is 0 Å². The van der Waals surface area contributed by atoms with Gasteiger partial charge in [0.25, 0.3) is 0 Å². The number of aliphatic carboxylic acids is 1. The molecule has 3 nitrogen and oxygen atoms in total. The third-order valence-electron chi connectivity index (χ3n) is 2.04. The molecular formula is C7H13NO2. The van der Waals surface area contributed by atoms with E-state index in [2.05, 4.69) is 5.32 Å². The molecule has 1 aliphatic heterocycles. The number of hydrogen-bond donors (Lipinski definition) is 2. The van der Waals surface area contributed by atoms with E-state index in [1.807, 2.05) is 6.92 Å². The largest absolute Gasteiger partial charge is 0.480 e. The van der Waals surface area contributed by atoms with Gasteiger partial charge in [-0.15, -0.1) is 0 Å². The van der Waals surface area contributed by atoms with Gasteiger partial charge in [0.05, 0.1) is 0 Å². The van der Waals surface area contributed by atoms with Crippen molar-refractivity contribution in [1.29, 1.82) is 0 Å². The Morgan fingerprint density at radius 2 is 2.40 bits per heavy atom. The van der Waals surface area contributed by atoms with E-state index >= 15 is 0 Å². The topological polar surface area (TPSA) is 49.3 Å². The summed E-state index contributed by atoms with van der Waals surface area (Å²) in [5.74, 6) is -0.432. The fraction of sp³-hybridized carbons (Fsp3) is 0.857. The molecule has 0 bridgehead atoms. The second kappa shape index (κ2) is 3.01. The molecule has 1 unspecified atom stereocenters. The maximum absolute atomic E-state index is 10.5. The van der Waals surface area contributed by atoms with Crippen LogP contribution in [0, 0.1) is 5.92 Å². The van der Waals surface area contributed by atoms with Crippen molar-refractivity contribution in [2.45, 2.75) is 25.8 Å². The van der Waals surface area contributed by atoms with Gasteiger partial charge in [-0.05, 0) is 25.3 Å². The van der Waals surface area contributed by atoms with E-state index in [1.165, 1.54) is 0 Å². The minimum atomic E-state index is -0.716. The Morgan fingerprint density at radius 1 is 1.70 bits per heavy atom. The van der Waals surface area contributed by atoms with Gasteiger partial charge in [-0.1, -0.05) is 6.92 Å². The van der Waals surface area contributed by atoms with Crippen LogP contribution in [0.15, 0.2) is 0 Å². The van der Waals surface area contributed by atoms with Gasteiger partial charge in [0, 0.05) is 0 Å². The molecule has 10 heavy (non-hydrogen) atoms. The molecule has 1 saturated heterocycles. The first-order valence-corrected chi connectivity index (χ1v) is 3.68. The van der Waals surface area contributed by atoms with Gasteiger partial charge in [-0.25, -0.2) is 0 Å². The Kier molecular flexibility index (Phi) is 2.27. The van der Waals surface area contributed by atoms with Crippen LogP contribution in [0.3, 0.4) is 0 Å². The monoisotopic (exact) mass is 143 g/mol. The molecule has 2 atom stereocenters. The molecule has 0 aromatic heterocycles. The van der Waals surface area contributed by atoms with Gasteiger partial charge in [0.1, 0.15) is 6.04 Å². The summed E-state index contributed by atoms with van der Waals surface area (Å²) < 4.78 is 0. The number of rotatable bonds is 1. The Hall–Kier alpha value is -0.570. The van der Waals surface area contributed by atoms with Crippen molar-refractivity contribution in [2.24, 2.45) is 5.92 Å². The molecule has 0 amide bonds. The number of carboxylic acids is 1. The fourth-order valence-electron chi connectivity index (χ4n) is 1.38. The van der Waals surface area contributed by atoms with Crippen molar-refractivity contribution in [3.8, 4) is 0 Å². The van der Waals surface area contributed by atoms with Gasteiger partial charge in [0.15, 0.2) is 0 Å². The average molecular weight is 143 g/mol. The first kappa shape index (κ1) is 7.54. The van der Waals surface area contributed by atoms with E-state index in [0.29, 0.717) is 0 Å². The minimum Gasteiger partial charge on any atom is -0.480 e. The summed E-state index contributed by atoms with van der Waals surface area (Å²) in [5, 5.41) is 11.6. The molecule has 1 fully saturated rings. The number of nitrogens with one attached hydrogen (secondary N) is 1. The quantitative estimate of drug-likeness (QED) is 0.560. The predicted molar refractivity (Wildman–Crippen MR) is 37.8 cm³/mol. The van der Waals surface area contributed by atoms with Gasteiger partial charge in [-0.3, -0.25) is 4.79 Å². The highest BCUT2D eigenvalue weighted by Crippen LogP contribution is 2.14. The molecule has 0 radical (unpaired) electrons. The average Bonchev–Trinajstić information content (AvgIpc) is 1.88. The number of piperidine rings is 1. The van der Waals surface area contributed by atoms with E-state index in [-0.39, 0.29) is 12.0 Å². The summed E-state index contributed by atoms with van der Waals surface area (Å²) in [6.07, 6.45) is 2.13. The molecule has 0 aromatic rings. The zero-order valence-electron chi connectivity index (χ0n) is 6.13. The second-order valence-electron chi connectivity index (χ2n) is 2.89. The lowest BCUT2D eigenvalue weighted by Crippen LogP contribution is -2.45. The van der Waals surface area contributed by atoms with Crippen molar-refractivity contribution in [2.75, 3.05) is 6.54 Å². The van der Waals surface area contributed by atoms with E-state index in [9.17, 15) is 4.79 Å². The molecule has 1 aliphatic rings. The lowest BCUT2D eigenvalue weighted by Gasteiger charge is -2.26. The van der Waals surface area contributed by atoms with Crippen LogP contribution in [-0.2, 0) is 4.79 Å².